The molecule has 5 aliphatic carbocycles. The van der Waals surface area contributed by atoms with Crippen LogP contribution in [0.5, 0.6) is 0 Å². The van der Waals surface area contributed by atoms with Gasteiger partial charge < -0.3 is 24.6 Å². The lowest BCUT2D eigenvalue weighted by Crippen LogP contribution is -2.60. The first kappa shape index (κ1) is 43.0. The molecule has 5 atom stereocenters. The van der Waals surface area contributed by atoms with E-state index >= 15 is 0 Å². The predicted octanol–water partition coefficient (Wildman–Crippen LogP) is 2.65. The van der Waals surface area contributed by atoms with Crippen LogP contribution >= 0.6 is 0 Å². The highest BCUT2D eigenvalue weighted by atomic mass is 32.2. The van der Waals surface area contributed by atoms with Gasteiger partial charge in [-0.2, -0.15) is 0 Å². The summed E-state index contributed by atoms with van der Waals surface area (Å²) < 4.78 is 53.2. The molecule has 6 fully saturated rings. The minimum absolute atomic E-state index is 0.0524. The van der Waals surface area contributed by atoms with Crippen LogP contribution in [0.15, 0.2) is 43.5 Å². The molecule has 1 aromatic rings. The third-order valence-electron chi connectivity index (χ3n) is 13.9. The number of Topliss-reactive ketones (excluding diaryl/α,β-unsaturated/α-hetero) is 1. The Hall–Kier alpha value is -5.13. The van der Waals surface area contributed by atoms with Gasteiger partial charge in [0.25, 0.3) is 0 Å². The van der Waals surface area contributed by atoms with Gasteiger partial charge >= 0.3 is 12.1 Å². The van der Waals surface area contributed by atoms with Crippen molar-refractivity contribution < 1.29 is 55.8 Å². The number of amides is 5. The van der Waals surface area contributed by atoms with Crippen LogP contribution in [0.2, 0.25) is 0 Å². The molecule has 2 unspecified atom stereocenters. The first-order valence-corrected chi connectivity index (χ1v) is 22.0. The van der Waals surface area contributed by atoms with Crippen molar-refractivity contribution in [3.8, 4) is 0 Å². The van der Waals surface area contributed by atoms with Gasteiger partial charge in [-0.15, -0.1) is 6.58 Å². The highest BCUT2D eigenvalue weighted by Gasteiger charge is 2.62. The molecule has 0 radical (unpaired) electrons. The van der Waals surface area contributed by atoms with E-state index in [2.05, 4.69) is 23.2 Å². The van der Waals surface area contributed by atoms with Gasteiger partial charge in [0.05, 0.1) is 42.3 Å². The Balaban J connectivity index is 1.14. The van der Waals surface area contributed by atoms with Gasteiger partial charge in [-0.3, -0.25) is 38.4 Å². The van der Waals surface area contributed by atoms with E-state index < -0.39 is 103 Å². The third-order valence-corrected chi connectivity index (χ3v) is 15.7. The summed E-state index contributed by atoms with van der Waals surface area (Å²) in [6, 6.07) is 1.85. The zero-order valence-electron chi connectivity index (χ0n) is 33.9. The molecule has 60 heavy (non-hydrogen) atoms. The van der Waals surface area contributed by atoms with E-state index in [9.17, 15) is 46.4 Å². The summed E-state index contributed by atoms with van der Waals surface area (Å²) >= 11 is 0. The molecule has 5 amide bonds. The van der Waals surface area contributed by atoms with Crippen LogP contribution in [0.1, 0.15) is 81.8 Å². The Labute approximate surface area is 348 Å². The summed E-state index contributed by atoms with van der Waals surface area (Å²) in [6.45, 7) is 6.70. The number of nitrogens with zero attached hydrogens (tertiary/aromatic N) is 3. The molecule has 2 heterocycles. The Kier molecular flexibility index (Phi) is 11.5. The van der Waals surface area contributed by atoms with E-state index in [1.54, 1.807) is 6.07 Å². The van der Waals surface area contributed by atoms with Crippen molar-refractivity contribution in [2.45, 2.75) is 107 Å². The van der Waals surface area contributed by atoms with Gasteiger partial charge in [0, 0.05) is 44.0 Å². The summed E-state index contributed by atoms with van der Waals surface area (Å²) in [5.41, 5.74) is -2.05. The number of nitrogens with one attached hydrogen (secondary N) is 2. The number of likely N-dealkylation sites (N-methyl/N-ethyl adjacent to an activating group) is 1. The van der Waals surface area contributed by atoms with Crippen molar-refractivity contribution >= 4 is 51.5 Å². The molecule has 2 aliphatic heterocycles. The number of esters is 1. The maximum Gasteiger partial charge on any atom is 0.410 e. The summed E-state index contributed by atoms with van der Waals surface area (Å²) in [6.07, 6.45) is 3.39. The van der Waals surface area contributed by atoms with Crippen molar-refractivity contribution in [3.63, 3.8) is 0 Å². The molecule has 0 aromatic heterocycles. The Morgan fingerprint density at radius 3 is 2.25 bits per heavy atom. The topological polar surface area (TPSA) is 206 Å². The van der Waals surface area contributed by atoms with Gasteiger partial charge in [0.1, 0.15) is 18.0 Å². The van der Waals surface area contributed by atoms with Crippen LogP contribution in [0.3, 0.4) is 0 Å². The van der Waals surface area contributed by atoms with E-state index in [1.165, 1.54) is 47.1 Å². The van der Waals surface area contributed by atoms with Crippen LogP contribution in [0, 0.1) is 28.0 Å². The fraction of sp³-hybridized carbons (Fsp3) is 0.595. The van der Waals surface area contributed by atoms with Crippen molar-refractivity contribution in [3.05, 3.63) is 60.5 Å². The van der Waals surface area contributed by atoms with Gasteiger partial charge in [0.15, 0.2) is 5.78 Å². The molecule has 18 heteroatoms. The van der Waals surface area contributed by atoms with Crippen molar-refractivity contribution in [2.75, 3.05) is 27.2 Å². The average molecular weight is 854 g/mol. The Bertz CT molecular complexity index is 2120. The number of rotatable bonds is 15. The molecule has 324 valence electrons. The second kappa shape index (κ2) is 16.0. The lowest BCUT2D eigenvalue weighted by Gasteiger charge is -2.51. The standard InChI is InChI=1S/C42H52FN5O11S/c1-5-26-19-42(26,37(53)45-60(56,57)28-10-11-28)20-33(49)32-18-27(59-39(55)47-21-25-8-7-9-30(43)29(25)23-47)22-48(32)35(51)31(24-46(3)34(50)6-2)44-36(52)40-12-15-41(16-13-40,17-14-40)38(54)58-4/h5-9,26-28,31-32H,1-2,10-24H2,3-4H3,(H,44,52)(H,45,53)/t26-,27?,31?,32+,40?,41?,42-/m1/s1. The number of hydrogen-bond donors (Lipinski definition) is 2. The fourth-order valence-electron chi connectivity index (χ4n) is 9.73. The fourth-order valence-corrected chi connectivity index (χ4v) is 11.1. The summed E-state index contributed by atoms with van der Waals surface area (Å²) in [5.74, 6) is -4.48. The van der Waals surface area contributed by atoms with Gasteiger partial charge in [-0.25, -0.2) is 17.6 Å². The number of likely N-dealkylation sites (tertiary alicyclic amines) is 1. The monoisotopic (exact) mass is 853 g/mol. The van der Waals surface area contributed by atoms with E-state index in [4.69, 9.17) is 9.47 Å². The zero-order valence-corrected chi connectivity index (χ0v) is 34.7. The minimum Gasteiger partial charge on any atom is -0.469 e. The Morgan fingerprint density at radius 1 is 1.00 bits per heavy atom. The first-order chi connectivity index (χ1) is 28.4. The van der Waals surface area contributed by atoms with Gasteiger partial charge in [-0.05, 0) is 81.4 Å². The largest absolute Gasteiger partial charge is 0.469 e. The van der Waals surface area contributed by atoms with Gasteiger partial charge in [0.2, 0.25) is 33.7 Å². The lowest BCUT2D eigenvalue weighted by molar-refractivity contribution is -0.167. The smallest absolute Gasteiger partial charge is 0.410 e. The number of ketones is 1. The third kappa shape index (κ3) is 7.94. The second-order valence-electron chi connectivity index (χ2n) is 17.5. The number of ether oxygens (including phenoxy) is 2. The van der Waals surface area contributed by atoms with Crippen LogP contribution in [0.4, 0.5) is 9.18 Å². The number of benzene rings is 1. The second-order valence-corrected chi connectivity index (χ2v) is 19.5. The molecule has 2 N–H and O–H groups in total. The average Bonchev–Trinajstić information content (AvgIpc) is 4.14. The number of allylic oxidation sites excluding steroid dienone is 1. The van der Waals surface area contributed by atoms with Crippen LogP contribution < -0.4 is 10.0 Å². The van der Waals surface area contributed by atoms with Crippen molar-refractivity contribution in [1.82, 2.24) is 24.7 Å². The first-order valence-electron chi connectivity index (χ1n) is 20.4. The molecule has 8 rings (SSSR count). The number of hydrogen-bond acceptors (Lipinski definition) is 11. The maximum absolute atomic E-state index is 14.9. The highest BCUT2D eigenvalue weighted by Crippen LogP contribution is 2.58. The molecule has 7 aliphatic rings. The molecule has 5 saturated carbocycles. The molecular weight excluding hydrogens is 802 g/mol. The lowest BCUT2D eigenvalue weighted by atomic mass is 9.53. The molecule has 0 spiro atoms. The molecule has 2 bridgehead atoms. The number of methoxy groups -OCH3 is 1. The van der Waals surface area contributed by atoms with Crippen LogP contribution in [-0.2, 0) is 61.4 Å². The number of sulfonamides is 1. The maximum atomic E-state index is 14.9. The van der Waals surface area contributed by atoms with Crippen molar-refractivity contribution in [1.29, 1.82) is 0 Å². The molecule has 16 nitrogen and oxygen atoms in total. The quantitative estimate of drug-likeness (QED) is 0.149. The molecule has 1 saturated heterocycles. The van der Waals surface area contributed by atoms with E-state index in [1.807, 2.05) is 0 Å². The van der Waals surface area contributed by atoms with E-state index in [0.29, 0.717) is 62.5 Å². The van der Waals surface area contributed by atoms with E-state index in [-0.39, 0.29) is 45.0 Å². The van der Waals surface area contributed by atoms with E-state index in [0.717, 1.165) is 6.08 Å². The van der Waals surface area contributed by atoms with Crippen LogP contribution in [0.25, 0.3) is 0 Å². The van der Waals surface area contributed by atoms with Gasteiger partial charge in [-0.1, -0.05) is 24.8 Å². The summed E-state index contributed by atoms with van der Waals surface area (Å²) in [7, 11) is -1.20. The van der Waals surface area contributed by atoms with Crippen LogP contribution in [-0.4, -0.2) is 115 Å². The number of halogens is 1. The summed E-state index contributed by atoms with van der Waals surface area (Å²) in [5, 5.41) is 2.19. The Morgan fingerprint density at radius 2 is 1.67 bits per heavy atom. The molecular formula is C42H52FN5O11S. The SMILES string of the molecule is C=CC(=O)N(C)CC(NC(=O)C12CCC(C(=O)OC)(CC1)CC2)C(=O)N1CC(OC(=O)N2Cc3cccc(F)c3C2)C[C@H]1C(=O)C[C@]1(C(=O)NS(=O)(=O)C2CC2)C[C@H]1C=C. The predicted molar refractivity (Wildman–Crippen MR) is 211 cm³/mol. The normalized spacial score (nSPS) is 29.4. The zero-order chi connectivity index (χ0) is 43.4. The minimum atomic E-state index is -3.96. The highest BCUT2D eigenvalue weighted by molar-refractivity contribution is 7.90. The molecule has 1 aromatic carbocycles. The van der Waals surface area contributed by atoms with Crippen molar-refractivity contribution in [2.24, 2.45) is 22.2 Å². The number of carbonyl (C=O) groups excluding carboxylic acids is 7. The summed E-state index contributed by atoms with van der Waals surface area (Å²) in [4.78, 5) is 99.9. The number of fused-ring (bicyclic) bond motifs is 4. The number of carbonyl (C=O) groups is 7.